The summed E-state index contributed by atoms with van der Waals surface area (Å²) in [6.07, 6.45) is 1.69. The van der Waals surface area contributed by atoms with E-state index in [4.69, 9.17) is 9.15 Å². The first kappa shape index (κ1) is 19.0. The van der Waals surface area contributed by atoms with E-state index in [2.05, 4.69) is 22.3 Å². The fourth-order valence-corrected chi connectivity index (χ4v) is 2.96. The number of benzene rings is 1. The van der Waals surface area contributed by atoms with Crippen molar-refractivity contribution in [3.8, 4) is 0 Å². The Morgan fingerprint density at radius 1 is 1.15 bits per heavy atom. The lowest BCUT2D eigenvalue weighted by molar-refractivity contribution is -0.130. The van der Waals surface area contributed by atoms with Crippen molar-refractivity contribution in [2.75, 3.05) is 44.8 Å². The highest BCUT2D eigenvalue weighted by Gasteiger charge is 2.13. The van der Waals surface area contributed by atoms with Crippen LogP contribution in [0.25, 0.3) is 0 Å². The summed E-state index contributed by atoms with van der Waals surface area (Å²) in [5.41, 5.74) is 2.25. The van der Waals surface area contributed by atoms with Gasteiger partial charge in [0.1, 0.15) is 0 Å². The summed E-state index contributed by atoms with van der Waals surface area (Å²) in [6.45, 7) is 4.14. The SMILES string of the molecule is CN(Cc1ccc(N2CCOCC2)cc1)C(=O)CCNC(=O)c1ccco1. The van der Waals surface area contributed by atoms with E-state index in [0.29, 0.717) is 6.54 Å². The van der Waals surface area contributed by atoms with Crippen molar-refractivity contribution >= 4 is 17.5 Å². The normalized spacial score (nSPS) is 14.0. The molecule has 1 aliphatic rings. The number of hydrogen-bond acceptors (Lipinski definition) is 5. The van der Waals surface area contributed by atoms with Crippen molar-refractivity contribution in [1.82, 2.24) is 10.2 Å². The fourth-order valence-electron chi connectivity index (χ4n) is 2.96. The molecule has 144 valence electrons. The molecule has 1 aliphatic heterocycles. The second-order valence-corrected chi connectivity index (χ2v) is 6.50. The molecule has 0 saturated carbocycles. The lowest BCUT2D eigenvalue weighted by atomic mass is 10.1. The van der Waals surface area contributed by atoms with E-state index in [-0.39, 0.29) is 30.5 Å². The minimum Gasteiger partial charge on any atom is -0.459 e. The standard InChI is InChI=1S/C20H25N3O4/c1-22(19(24)8-9-21-20(25)18-3-2-12-27-18)15-16-4-6-17(7-5-16)23-10-13-26-14-11-23/h2-7,12H,8-11,13-15H2,1H3,(H,21,25). The zero-order chi connectivity index (χ0) is 19.1. The summed E-state index contributed by atoms with van der Waals surface area (Å²) < 4.78 is 10.4. The minimum absolute atomic E-state index is 0.0213. The third kappa shape index (κ3) is 5.34. The molecule has 0 radical (unpaired) electrons. The quantitative estimate of drug-likeness (QED) is 0.805. The van der Waals surface area contributed by atoms with Crippen LogP contribution in [-0.4, -0.2) is 56.6 Å². The molecule has 7 nitrogen and oxygen atoms in total. The van der Waals surface area contributed by atoms with Crippen LogP contribution in [0.1, 0.15) is 22.5 Å². The third-order valence-corrected chi connectivity index (χ3v) is 4.53. The van der Waals surface area contributed by atoms with Crippen LogP contribution in [-0.2, 0) is 16.1 Å². The smallest absolute Gasteiger partial charge is 0.286 e. The first-order valence-electron chi connectivity index (χ1n) is 9.11. The Bertz CT molecular complexity index is 737. The molecule has 2 aromatic rings. The van der Waals surface area contributed by atoms with Crippen LogP contribution in [0.5, 0.6) is 0 Å². The van der Waals surface area contributed by atoms with Crippen LogP contribution < -0.4 is 10.2 Å². The van der Waals surface area contributed by atoms with Crippen LogP contribution >= 0.6 is 0 Å². The van der Waals surface area contributed by atoms with Crippen molar-refractivity contribution in [2.24, 2.45) is 0 Å². The van der Waals surface area contributed by atoms with Gasteiger partial charge in [0.05, 0.1) is 19.5 Å². The van der Waals surface area contributed by atoms with Gasteiger partial charge in [-0.1, -0.05) is 12.1 Å². The van der Waals surface area contributed by atoms with Crippen LogP contribution in [0.4, 0.5) is 5.69 Å². The number of anilines is 1. The molecule has 0 bridgehead atoms. The van der Waals surface area contributed by atoms with Crippen molar-refractivity contribution < 1.29 is 18.7 Å². The van der Waals surface area contributed by atoms with Crippen molar-refractivity contribution in [2.45, 2.75) is 13.0 Å². The number of morpholine rings is 1. The highest BCUT2D eigenvalue weighted by atomic mass is 16.5. The number of furan rings is 1. The van der Waals surface area contributed by atoms with E-state index in [1.54, 1.807) is 24.1 Å². The van der Waals surface area contributed by atoms with Gasteiger partial charge in [0.15, 0.2) is 5.76 Å². The van der Waals surface area contributed by atoms with Crippen LogP contribution in [0.15, 0.2) is 47.1 Å². The molecular formula is C20H25N3O4. The van der Waals surface area contributed by atoms with Gasteiger partial charge in [-0.15, -0.1) is 0 Å². The number of ether oxygens (including phenoxy) is 1. The Labute approximate surface area is 158 Å². The summed E-state index contributed by atoms with van der Waals surface area (Å²) in [5, 5.41) is 2.68. The number of rotatable bonds is 7. The van der Waals surface area contributed by atoms with Gasteiger partial charge in [-0.3, -0.25) is 9.59 Å². The molecular weight excluding hydrogens is 346 g/mol. The average molecular weight is 371 g/mol. The zero-order valence-corrected chi connectivity index (χ0v) is 15.5. The number of carbonyl (C=O) groups is 2. The zero-order valence-electron chi connectivity index (χ0n) is 15.5. The number of nitrogens with one attached hydrogen (secondary N) is 1. The summed E-state index contributed by atoms with van der Waals surface area (Å²) >= 11 is 0. The highest BCUT2D eigenvalue weighted by Crippen LogP contribution is 2.17. The van der Waals surface area contributed by atoms with Gasteiger partial charge >= 0.3 is 0 Å². The van der Waals surface area contributed by atoms with E-state index in [1.165, 1.54) is 12.0 Å². The molecule has 1 N–H and O–H groups in total. The summed E-state index contributed by atoms with van der Waals surface area (Å²) in [5.74, 6) is -0.0858. The largest absolute Gasteiger partial charge is 0.459 e. The lowest BCUT2D eigenvalue weighted by Gasteiger charge is -2.29. The molecule has 1 aromatic carbocycles. The molecule has 27 heavy (non-hydrogen) atoms. The van der Waals surface area contributed by atoms with Gasteiger partial charge < -0.3 is 24.3 Å². The Kier molecular flexibility index (Phi) is 6.49. The molecule has 7 heteroatoms. The van der Waals surface area contributed by atoms with Crippen molar-refractivity contribution in [3.05, 3.63) is 54.0 Å². The van der Waals surface area contributed by atoms with Gasteiger partial charge in [0.25, 0.3) is 5.91 Å². The second kappa shape index (κ2) is 9.23. The van der Waals surface area contributed by atoms with Gasteiger partial charge in [0.2, 0.25) is 5.91 Å². The number of amides is 2. The van der Waals surface area contributed by atoms with Crippen LogP contribution in [0, 0.1) is 0 Å². The van der Waals surface area contributed by atoms with Gasteiger partial charge in [-0.2, -0.15) is 0 Å². The Hall–Kier alpha value is -2.80. The summed E-state index contributed by atoms with van der Waals surface area (Å²) in [4.78, 5) is 28.0. The predicted octanol–water partition coefficient (Wildman–Crippen LogP) is 1.89. The molecule has 0 spiro atoms. The van der Waals surface area contributed by atoms with E-state index < -0.39 is 0 Å². The highest BCUT2D eigenvalue weighted by molar-refractivity contribution is 5.91. The Balaban J connectivity index is 1.42. The molecule has 0 unspecified atom stereocenters. The second-order valence-electron chi connectivity index (χ2n) is 6.50. The number of carbonyl (C=O) groups excluding carboxylic acids is 2. The monoisotopic (exact) mass is 371 g/mol. The molecule has 2 amide bonds. The third-order valence-electron chi connectivity index (χ3n) is 4.53. The van der Waals surface area contributed by atoms with Crippen molar-refractivity contribution in [1.29, 1.82) is 0 Å². The fraction of sp³-hybridized carbons (Fsp3) is 0.400. The van der Waals surface area contributed by atoms with E-state index in [1.807, 2.05) is 12.1 Å². The first-order valence-corrected chi connectivity index (χ1v) is 9.11. The Morgan fingerprint density at radius 2 is 1.89 bits per heavy atom. The predicted molar refractivity (Wildman–Crippen MR) is 102 cm³/mol. The first-order chi connectivity index (χ1) is 13.1. The van der Waals surface area contributed by atoms with Crippen LogP contribution in [0.2, 0.25) is 0 Å². The minimum atomic E-state index is -0.311. The number of nitrogens with zero attached hydrogens (tertiary/aromatic N) is 2. The Morgan fingerprint density at radius 3 is 2.56 bits per heavy atom. The maximum absolute atomic E-state index is 12.3. The van der Waals surface area contributed by atoms with Gasteiger partial charge in [-0.05, 0) is 29.8 Å². The van der Waals surface area contributed by atoms with E-state index in [0.717, 1.165) is 31.9 Å². The van der Waals surface area contributed by atoms with Crippen LogP contribution in [0.3, 0.4) is 0 Å². The molecule has 2 heterocycles. The topological polar surface area (TPSA) is 75.0 Å². The molecule has 1 aromatic heterocycles. The van der Waals surface area contributed by atoms with Gasteiger partial charge in [-0.25, -0.2) is 0 Å². The summed E-state index contributed by atoms with van der Waals surface area (Å²) in [7, 11) is 1.77. The lowest BCUT2D eigenvalue weighted by Crippen LogP contribution is -2.36. The molecule has 3 rings (SSSR count). The maximum Gasteiger partial charge on any atom is 0.286 e. The molecule has 0 aliphatic carbocycles. The molecule has 0 atom stereocenters. The average Bonchev–Trinajstić information content (AvgIpc) is 3.24. The van der Waals surface area contributed by atoms with E-state index >= 15 is 0 Å². The maximum atomic E-state index is 12.3. The number of hydrogen-bond donors (Lipinski definition) is 1. The van der Waals surface area contributed by atoms with Crippen molar-refractivity contribution in [3.63, 3.8) is 0 Å². The van der Waals surface area contributed by atoms with E-state index in [9.17, 15) is 9.59 Å². The van der Waals surface area contributed by atoms with Gasteiger partial charge in [0, 0.05) is 45.3 Å². The molecule has 1 fully saturated rings. The molecule has 1 saturated heterocycles. The summed E-state index contributed by atoms with van der Waals surface area (Å²) in [6, 6.07) is 11.5.